The van der Waals surface area contributed by atoms with Crippen molar-refractivity contribution in [2.24, 2.45) is 0 Å². The molecule has 1 aromatic heterocycles. The second-order valence-electron chi connectivity index (χ2n) is 3.93. The molecule has 0 bridgehead atoms. The minimum atomic E-state index is -0.660. The van der Waals surface area contributed by atoms with Gasteiger partial charge in [-0.15, -0.1) is 0 Å². The first-order valence-corrected chi connectivity index (χ1v) is 5.73. The zero-order valence-corrected chi connectivity index (χ0v) is 9.09. The molecule has 78 valence electrons. The van der Waals surface area contributed by atoms with Crippen molar-refractivity contribution in [1.29, 1.82) is 0 Å². The summed E-state index contributed by atoms with van der Waals surface area (Å²) in [6, 6.07) is 1.96. The quantitative estimate of drug-likeness (QED) is 0.829. The summed E-state index contributed by atoms with van der Waals surface area (Å²) in [6.07, 6.45) is 4.41. The van der Waals surface area contributed by atoms with Crippen molar-refractivity contribution < 1.29 is 9.84 Å². The topological polar surface area (TPSA) is 42.4 Å². The smallest absolute Gasteiger partial charge is 0.0953 e. The summed E-state index contributed by atoms with van der Waals surface area (Å²) in [5.74, 6) is 0. The van der Waals surface area contributed by atoms with Crippen molar-refractivity contribution >= 4 is 11.5 Å². The SMILES string of the molecule is CCC1CC(O)(Cc2ccns2)CO1. The van der Waals surface area contributed by atoms with Gasteiger partial charge in [-0.05, 0) is 24.0 Å². The molecule has 1 saturated heterocycles. The van der Waals surface area contributed by atoms with Crippen LogP contribution >= 0.6 is 11.5 Å². The van der Waals surface area contributed by atoms with Gasteiger partial charge in [0, 0.05) is 23.9 Å². The highest BCUT2D eigenvalue weighted by Crippen LogP contribution is 2.29. The molecule has 1 aliphatic heterocycles. The van der Waals surface area contributed by atoms with Crippen LogP contribution in [-0.4, -0.2) is 27.8 Å². The maximum atomic E-state index is 10.2. The van der Waals surface area contributed by atoms with Crippen LogP contribution in [0.2, 0.25) is 0 Å². The van der Waals surface area contributed by atoms with Crippen molar-refractivity contribution in [3.05, 3.63) is 17.1 Å². The number of rotatable bonds is 3. The van der Waals surface area contributed by atoms with E-state index < -0.39 is 5.60 Å². The lowest BCUT2D eigenvalue weighted by Crippen LogP contribution is -2.31. The van der Waals surface area contributed by atoms with Crippen LogP contribution in [0.5, 0.6) is 0 Å². The highest BCUT2D eigenvalue weighted by molar-refractivity contribution is 7.05. The Morgan fingerprint density at radius 2 is 2.64 bits per heavy atom. The van der Waals surface area contributed by atoms with Gasteiger partial charge >= 0.3 is 0 Å². The number of ether oxygens (including phenoxy) is 1. The molecule has 3 nitrogen and oxygen atoms in total. The molecule has 14 heavy (non-hydrogen) atoms. The minimum Gasteiger partial charge on any atom is -0.387 e. The van der Waals surface area contributed by atoms with E-state index in [2.05, 4.69) is 11.3 Å². The fraction of sp³-hybridized carbons (Fsp3) is 0.700. The zero-order valence-electron chi connectivity index (χ0n) is 8.27. The van der Waals surface area contributed by atoms with Gasteiger partial charge in [-0.3, -0.25) is 0 Å². The van der Waals surface area contributed by atoms with Crippen LogP contribution in [0, 0.1) is 0 Å². The Morgan fingerprint density at radius 1 is 1.79 bits per heavy atom. The molecule has 0 aliphatic carbocycles. The third-order valence-corrected chi connectivity index (χ3v) is 3.39. The normalized spacial score (nSPS) is 32.3. The van der Waals surface area contributed by atoms with Gasteiger partial charge in [0.1, 0.15) is 0 Å². The van der Waals surface area contributed by atoms with E-state index in [1.54, 1.807) is 6.20 Å². The minimum absolute atomic E-state index is 0.230. The molecule has 0 amide bonds. The molecule has 2 heterocycles. The summed E-state index contributed by atoms with van der Waals surface area (Å²) in [4.78, 5) is 1.13. The van der Waals surface area contributed by atoms with E-state index in [0.717, 1.165) is 17.7 Å². The number of hydrogen-bond acceptors (Lipinski definition) is 4. The molecule has 0 aromatic carbocycles. The van der Waals surface area contributed by atoms with Crippen LogP contribution < -0.4 is 0 Å². The first-order valence-electron chi connectivity index (χ1n) is 4.95. The Morgan fingerprint density at radius 3 is 3.21 bits per heavy atom. The highest BCUT2D eigenvalue weighted by atomic mass is 32.1. The van der Waals surface area contributed by atoms with E-state index in [1.165, 1.54) is 11.5 Å². The second-order valence-corrected chi connectivity index (χ2v) is 4.84. The maximum absolute atomic E-state index is 10.2. The summed E-state index contributed by atoms with van der Waals surface area (Å²) >= 11 is 1.45. The first kappa shape index (κ1) is 10.1. The zero-order chi connectivity index (χ0) is 10.0. The molecule has 2 unspecified atom stereocenters. The van der Waals surface area contributed by atoms with E-state index >= 15 is 0 Å². The Bertz CT molecular complexity index is 288. The summed E-state index contributed by atoms with van der Waals surface area (Å²) in [6.45, 7) is 2.55. The highest BCUT2D eigenvalue weighted by Gasteiger charge is 2.37. The van der Waals surface area contributed by atoms with Crippen LogP contribution in [0.3, 0.4) is 0 Å². The van der Waals surface area contributed by atoms with Gasteiger partial charge in [0.15, 0.2) is 0 Å². The monoisotopic (exact) mass is 213 g/mol. The third kappa shape index (κ3) is 2.13. The summed E-state index contributed by atoms with van der Waals surface area (Å²) in [5, 5.41) is 10.2. The number of aromatic nitrogens is 1. The van der Waals surface area contributed by atoms with Crippen molar-refractivity contribution in [2.75, 3.05) is 6.61 Å². The lowest BCUT2D eigenvalue weighted by molar-refractivity contribution is 0.0221. The molecule has 1 aliphatic rings. The molecule has 1 aromatic rings. The second kappa shape index (κ2) is 3.96. The number of nitrogens with zero attached hydrogens (tertiary/aromatic N) is 1. The van der Waals surface area contributed by atoms with Crippen molar-refractivity contribution in [3.63, 3.8) is 0 Å². The van der Waals surface area contributed by atoms with E-state index in [1.807, 2.05) is 6.07 Å². The fourth-order valence-corrected chi connectivity index (χ4v) is 2.57. The Labute approximate surface area is 87.9 Å². The molecule has 1 N–H and O–H groups in total. The molecule has 4 heteroatoms. The van der Waals surface area contributed by atoms with Gasteiger partial charge in [-0.25, -0.2) is 4.37 Å². The number of aliphatic hydroxyl groups is 1. The molecule has 0 radical (unpaired) electrons. The van der Waals surface area contributed by atoms with Crippen LogP contribution in [-0.2, 0) is 11.2 Å². The molecular weight excluding hydrogens is 198 g/mol. The summed E-state index contributed by atoms with van der Waals surface area (Å²) in [5.41, 5.74) is -0.660. The van der Waals surface area contributed by atoms with Crippen LogP contribution in [0.4, 0.5) is 0 Å². The first-order chi connectivity index (χ1) is 6.72. The summed E-state index contributed by atoms with van der Waals surface area (Å²) in [7, 11) is 0. The van der Waals surface area contributed by atoms with E-state index in [0.29, 0.717) is 13.0 Å². The van der Waals surface area contributed by atoms with E-state index in [4.69, 9.17) is 4.74 Å². The van der Waals surface area contributed by atoms with Gasteiger partial charge in [0.05, 0.1) is 18.3 Å². The van der Waals surface area contributed by atoms with E-state index in [9.17, 15) is 5.11 Å². The Kier molecular flexibility index (Phi) is 2.85. The molecule has 0 spiro atoms. The van der Waals surface area contributed by atoms with Gasteiger partial charge in [0.2, 0.25) is 0 Å². The van der Waals surface area contributed by atoms with Crippen LogP contribution in [0.15, 0.2) is 12.3 Å². The van der Waals surface area contributed by atoms with Crippen LogP contribution in [0.25, 0.3) is 0 Å². The van der Waals surface area contributed by atoms with Crippen molar-refractivity contribution in [2.45, 2.75) is 37.9 Å². The fourth-order valence-electron chi connectivity index (χ4n) is 1.86. The summed E-state index contributed by atoms with van der Waals surface area (Å²) < 4.78 is 9.52. The Hall–Kier alpha value is -0.450. The van der Waals surface area contributed by atoms with Crippen molar-refractivity contribution in [3.8, 4) is 0 Å². The maximum Gasteiger partial charge on any atom is 0.0953 e. The largest absolute Gasteiger partial charge is 0.387 e. The van der Waals surface area contributed by atoms with Crippen molar-refractivity contribution in [1.82, 2.24) is 4.37 Å². The Balaban J connectivity index is 1.97. The molecule has 2 rings (SSSR count). The average Bonchev–Trinajstić information content (AvgIpc) is 2.76. The van der Waals surface area contributed by atoms with E-state index in [-0.39, 0.29) is 6.10 Å². The number of hydrogen-bond donors (Lipinski definition) is 1. The van der Waals surface area contributed by atoms with Gasteiger partial charge in [-0.2, -0.15) is 0 Å². The lowest BCUT2D eigenvalue weighted by atomic mass is 9.95. The van der Waals surface area contributed by atoms with Gasteiger partial charge < -0.3 is 9.84 Å². The predicted octanol–water partition coefficient (Wildman–Crippen LogP) is 1.62. The molecular formula is C10H15NO2S. The van der Waals surface area contributed by atoms with Gasteiger partial charge in [0.25, 0.3) is 0 Å². The molecule has 1 fully saturated rings. The third-order valence-electron chi connectivity index (χ3n) is 2.65. The standard InChI is InChI=1S/C10H15NO2S/c1-2-8-5-10(12,7-13-8)6-9-3-4-11-14-9/h3-4,8,12H,2,5-7H2,1H3. The lowest BCUT2D eigenvalue weighted by Gasteiger charge is -2.19. The molecule has 2 atom stereocenters. The van der Waals surface area contributed by atoms with Gasteiger partial charge in [-0.1, -0.05) is 6.92 Å². The predicted molar refractivity (Wildman–Crippen MR) is 55.4 cm³/mol. The van der Waals surface area contributed by atoms with Crippen LogP contribution in [0.1, 0.15) is 24.6 Å². The average molecular weight is 213 g/mol. The molecule has 0 saturated carbocycles.